The van der Waals surface area contributed by atoms with Crippen LogP contribution in [-0.2, 0) is 22.7 Å². The summed E-state index contributed by atoms with van der Waals surface area (Å²) >= 11 is 0. The van der Waals surface area contributed by atoms with Crippen molar-refractivity contribution in [2.24, 2.45) is 11.3 Å². The van der Waals surface area contributed by atoms with E-state index in [2.05, 4.69) is 20.6 Å². The molecule has 2 aromatic heterocycles. The summed E-state index contributed by atoms with van der Waals surface area (Å²) in [6, 6.07) is 8.82. The largest absolute Gasteiger partial charge is 0.318 e. The Bertz CT molecular complexity index is 1430. The Kier molecular flexibility index (Phi) is 5.16. The Balaban J connectivity index is 1.26. The Labute approximate surface area is 207 Å². The molecule has 1 amide bonds. The second-order valence-electron chi connectivity index (χ2n) is 10.4. The first-order valence-corrected chi connectivity index (χ1v) is 13.9. The summed E-state index contributed by atoms with van der Waals surface area (Å²) in [6.45, 7) is 1.57. The van der Waals surface area contributed by atoms with E-state index in [9.17, 15) is 22.0 Å². The van der Waals surface area contributed by atoms with Gasteiger partial charge in [0.2, 0.25) is 0 Å². The highest BCUT2D eigenvalue weighted by Crippen LogP contribution is 2.70. The quantitative estimate of drug-likeness (QED) is 0.537. The second-order valence-corrected chi connectivity index (χ2v) is 12.8. The molecule has 3 aromatic rings. The molecule has 1 aliphatic heterocycles. The molecule has 2 fully saturated rings. The van der Waals surface area contributed by atoms with Gasteiger partial charge in [0.25, 0.3) is 11.8 Å². The number of alkyl halides is 2. The summed E-state index contributed by atoms with van der Waals surface area (Å²) in [5.74, 6) is -3.89. The zero-order valence-electron chi connectivity index (χ0n) is 19.7. The maximum atomic E-state index is 14.2. The highest BCUT2D eigenvalue weighted by atomic mass is 32.2. The average molecular weight is 516 g/mol. The standard InChI is InChI=1S/C25H27F2N5O3S/c1-24-12-18-17(11-20(24)25(24,26)27)21(31-30-18)23(33)29-16-13-28-32(14-16)22(15-7-3-2-4-8-15)19-9-5-6-10-36(19,34)35/h2-4,7-8,13-14,19-20,22H,5-6,9-12H2,1H3,(H,29,33)(H,30,31)/t19-,20?,22-,24?/m1/s1. The molecular formula is C25H27F2N5O3S. The SMILES string of the molecule is CC12Cc3[nH]nc(C(=O)Nc4cnn([C@H](c5ccccc5)[C@H]5CCCCS5(=O)=O)c4)c3CC1C2(F)F. The third-order valence-electron chi connectivity index (χ3n) is 8.27. The molecule has 36 heavy (non-hydrogen) atoms. The van der Waals surface area contributed by atoms with Crippen molar-refractivity contribution in [1.29, 1.82) is 0 Å². The molecule has 2 unspecified atom stereocenters. The number of H-pyrrole nitrogens is 1. The van der Waals surface area contributed by atoms with Gasteiger partial charge in [-0.2, -0.15) is 10.2 Å². The number of carbonyl (C=O) groups excluding carboxylic acids is 1. The molecule has 2 N–H and O–H groups in total. The maximum absolute atomic E-state index is 14.2. The van der Waals surface area contributed by atoms with Gasteiger partial charge in [0.1, 0.15) is 0 Å². The molecule has 190 valence electrons. The van der Waals surface area contributed by atoms with Crippen molar-refractivity contribution in [3.05, 3.63) is 65.2 Å². The van der Waals surface area contributed by atoms with Crippen molar-refractivity contribution in [3.63, 3.8) is 0 Å². The van der Waals surface area contributed by atoms with Crippen LogP contribution in [0.3, 0.4) is 0 Å². The van der Waals surface area contributed by atoms with Crippen LogP contribution in [0.1, 0.15) is 59.5 Å². The zero-order chi connectivity index (χ0) is 25.3. The maximum Gasteiger partial charge on any atom is 0.276 e. The summed E-state index contributed by atoms with van der Waals surface area (Å²) in [7, 11) is -3.32. The summed E-state index contributed by atoms with van der Waals surface area (Å²) < 4.78 is 56.0. The highest BCUT2D eigenvalue weighted by molar-refractivity contribution is 7.92. The number of nitrogens with one attached hydrogen (secondary N) is 2. The van der Waals surface area contributed by atoms with E-state index >= 15 is 0 Å². The first-order chi connectivity index (χ1) is 17.1. The van der Waals surface area contributed by atoms with Crippen molar-refractivity contribution in [1.82, 2.24) is 20.0 Å². The number of fused-ring (bicyclic) bond motifs is 2. The van der Waals surface area contributed by atoms with Crippen molar-refractivity contribution in [2.45, 2.75) is 56.2 Å². The number of aromatic amines is 1. The van der Waals surface area contributed by atoms with Crippen molar-refractivity contribution in [3.8, 4) is 0 Å². The van der Waals surface area contributed by atoms with E-state index in [1.807, 2.05) is 30.3 Å². The lowest BCUT2D eigenvalue weighted by atomic mass is 9.87. The van der Waals surface area contributed by atoms with Gasteiger partial charge >= 0.3 is 0 Å². The van der Waals surface area contributed by atoms with Crippen LogP contribution in [0.2, 0.25) is 0 Å². The molecule has 11 heteroatoms. The van der Waals surface area contributed by atoms with E-state index < -0.39 is 44.3 Å². The van der Waals surface area contributed by atoms with Crippen LogP contribution in [-0.4, -0.2) is 51.2 Å². The molecule has 8 nitrogen and oxygen atoms in total. The number of halogens is 2. The second kappa shape index (κ2) is 7.96. The lowest BCUT2D eigenvalue weighted by Gasteiger charge is -2.30. The third-order valence-corrected chi connectivity index (χ3v) is 10.5. The van der Waals surface area contributed by atoms with Crippen LogP contribution in [0.4, 0.5) is 14.5 Å². The van der Waals surface area contributed by atoms with Gasteiger partial charge in [-0.3, -0.25) is 14.6 Å². The number of hydrogen-bond acceptors (Lipinski definition) is 5. The minimum absolute atomic E-state index is 0.104. The van der Waals surface area contributed by atoms with Gasteiger partial charge in [0.05, 0.1) is 28.9 Å². The van der Waals surface area contributed by atoms with E-state index in [4.69, 9.17) is 0 Å². The zero-order valence-corrected chi connectivity index (χ0v) is 20.6. The number of sulfone groups is 1. The van der Waals surface area contributed by atoms with E-state index in [-0.39, 0.29) is 24.3 Å². The Morgan fingerprint density at radius 3 is 2.78 bits per heavy atom. The predicted octanol–water partition coefficient (Wildman–Crippen LogP) is 3.79. The molecule has 0 spiro atoms. The topological polar surface area (TPSA) is 110 Å². The minimum atomic E-state index is -3.32. The van der Waals surface area contributed by atoms with Crippen LogP contribution in [0.15, 0.2) is 42.7 Å². The molecule has 6 rings (SSSR count). The Hall–Kier alpha value is -3.08. The molecule has 1 saturated carbocycles. The van der Waals surface area contributed by atoms with Crippen LogP contribution < -0.4 is 5.32 Å². The molecule has 0 radical (unpaired) electrons. The molecule has 1 saturated heterocycles. The number of nitrogens with zero attached hydrogens (tertiary/aromatic N) is 3. The fraction of sp³-hybridized carbons (Fsp3) is 0.480. The van der Waals surface area contributed by atoms with Crippen LogP contribution in [0, 0.1) is 11.3 Å². The summed E-state index contributed by atoms with van der Waals surface area (Å²) in [6.07, 6.45) is 5.36. The molecule has 0 bridgehead atoms. The van der Waals surface area contributed by atoms with Gasteiger partial charge in [-0.25, -0.2) is 17.2 Å². The third kappa shape index (κ3) is 3.50. The number of rotatable bonds is 5. The number of aromatic nitrogens is 4. The molecule has 2 aliphatic carbocycles. The summed E-state index contributed by atoms with van der Waals surface area (Å²) in [5, 5.41) is 13.5. The van der Waals surface area contributed by atoms with Crippen LogP contribution in [0.25, 0.3) is 0 Å². The van der Waals surface area contributed by atoms with Gasteiger partial charge in [-0.05, 0) is 24.8 Å². The smallest absolute Gasteiger partial charge is 0.276 e. The number of anilines is 1. The Morgan fingerprint density at radius 1 is 1.25 bits per heavy atom. The van der Waals surface area contributed by atoms with Crippen molar-refractivity contribution in [2.75, 3.05) is 11.1 Å². The van der Waals surface area contributed by atoms with E-state index in [0.29, 0.717) is 29.8 Å². The molecule has 1 aromatic carbocycles. The van der Waals surface area contributed by atoms with Gasteiger partial charge in [0.15, 0.2) is 15.5 Å². The molecular weight excluding hydrogens is 488 g/mol. The summed E-state index contributed by atoms with van der Waals surface area (Å²) in [5.41, 5.74) is 1.35. The highest BCUT2D eigenvalue weighted by Gasteiger charge is 2.78. The van der Waals surface area contributed by atoms with Gasteiger partial charge in [-0.15, -0.1) is 0 Å². The van der Waals surface area contributed by atoms with Gasteiger partial charge in [0, 0.05) is 35.2 Å². The molecule has 3 aliphatic rings. The lowest BCUT2D eigenvalue weighted by molar-refractivity contribution is 0.0630. The van der Waals surface area contributed by atoms with Crippen molar-refractivity contribution < 1.29 is 22.0 Å². The van der Waals surface area contributed by atoms with Crippen molar-refractivity contribution >= 4 is 21.4 Å². The van der Waals surface area contributed by atoms with E-state index in [0.717, 1.165) is 12.0 Å². The average Bonchev–Trinajstić information content (AvgIpc) is 3.26. The molecule has 4 atom stereocenters. The number of hydrogen-bond donors (Lipinski definition) is 2. The first-order valence-electron chi connectivity index (χ1n) is 12.2. The fourth-order valence-electron chi connectivity index (χ4n) is 6.06. The summed E-state index contributed by atoms with van der Waals surface area (Å²) in [4.78, 5) is 13.0. The van der Waals surface area contributed by atoms with Crippen LogP contribution in [0.5, 0.6) is 0 Å². The van der Waals surface area contributed by atoms with Gasteiger partial charge in [-0.1, -0.05) is 43.7 Å². The Morgan fingerprint density at radius 2 is 2.03 bits per heavy atom. The monoisotopic (exact) mass is 515 g/mol. The number of carbonyl (C=O) groups is 1. The predicted molar refractivity (Wildman–Crippen MR) is 129 cm³/mol. The normalized spacial score (nSPS) is 28.5. The van der Waals surface area contributed by atoms with E-state index in [1.54, 1.807) is 17.8 Å². The lowest BCUT2D eigenvalue weighted by Crippen LogP contribution is -2.37. The first kappa shape index (κ1) is 23.3. The van der Waals surface area contributed by atoms with Crippen LogP contribution >= 0.6 is 0 Å². The number of amides is 1. The number of benzene rings is 1. The molecule has 3 heterocycles. The van der Waals surface area contributed by atoms with Gasteiger partial charge < -0.3 is 5.32 Å². The van der Waals surface area contributed by atoms with E-state index in [1.165, 1.54) is 6.20 Å². The minimum Gasteiger partial charge on any atom is -0.318 e. The fourth-order valence-corrected chi connectivity index (χ4v) is 8.17.